The maximum Gasteiger partial charge on any atom is 0.273 e. The first-order valence-corrected chi connectivity index (χ1v) is 8.14. The molecule has 1 fully saturated rings. The number of nitrogens with one attached hydrogen (secondary N) is 1. The van der Waals surface area contributed by atoms with Crippen LogP contribution < -0.4 is 5.32 Å². The van der Waals surface area contributed by atoms with Crippen molar-refractivity contribution in [2.75, 3.05) is 19.6 Å². The van der Waals surface area contributed by atoms with Gasteiger partial charge in [0.2, 0.25) is 0 Å². The number of thiazole rings is 1. The van der Waals surface area contributed by atoms with Gasteiger partial charge in [-0.1, -0.05) is 23.7 Å². The van der Waals surface area contributed by atoms with E-state index in [4.69, 9.17) is 11.6 Å². The molecular formula is C15H16ClN3OS. The van der Waals surface area contributed by atoms with Crippen LogP contribution in [0.5, 0.6) is 0 Å². The minimum atomic E-state index is 0.0143. The van der Waals surface area contributed by atoms with Gasteiger partial charge < -0.3 is 10.2 Å². The summed E-state index contributed by atoms with van der Waals surface area (Å²) in [7, 11) is 0. The van der Waals surface area contributed by atoms with Crippen LogP contribution in [-0.2, 0) is 0 Å². The molecule has 6 heteroatoms. The van der Waals surface area contributed by atoms with Gasteiger partial charge in [0, 0.05) is 41.6 Å². The van der Waals surface area contributed by atoms with E-state index < -0.39 is 0 Å². The van der Waals surface area contributed by atoms with Gasteiger partial charge in [-0.25, -0.2) is 4.98 Å². The molecule has 1 amide bonds. The zero-order valence-electron chi connectivity index (χ0n) is 11.7. The van der Waals surface area contributed by atoms with Crippen LogP contribution in [0.2, 0.25) is 5.02 Å². The summed E-state index contributed by atoms with van der Waals surface area (Å²) < 4.78 is 0. The van der Waals surface area contributed by atoms with Crippen LogP contribution in [0.4, 0.5) is 0 Å². The lowest BCUT2D eigenvalue weighted by Gasteiger charge is -2.33. The number of benzene rings is 1. The predicted molar refractivity (Wildman–Crippen MR) is 85.9 cm³/mol. The lowest BCUT2D eigenvalue weighted by Crippen LogP contribution is -2.52. The van der Waals surface area contributed by atoms with E-state index in [1.54, 1.807) is 0 Å². The summed E-state index contributed by atoms with van der Waals surface area (Å²) in [6, 6.07) is 7.70. The molecule has 1 aromatic heterocycles. The highest BCUT2D eigenvalue weighted by Crippen LogP contribution is 2.26. The van der Waals surface area contributed by atoms with E-state index in [2.05, 4.69) is 17.2 Å². The molecule has 0 bridgehead atoms. The van der Waals surface area contributed by atoms with Crippen LogP contribution >= 0.6 is 22.9 Å². The van der Waals surface area contributed by atoms with Crippen molar-refractivity contribution in [3.63, 3.8) is 0 Å². The molecule has 1 aliphatic rings. The van der Waals surface area contributed by atoms with E-state index >= 15 is 0 Å². The Hall–Kier alpha value is -1.43. The highest BCUT2D eigenvalue weighted by molar-refractivity contribution is 7.13. The Balaban J connectivity index is 1.81. The quantitative estimate of drug-likeness (QED) is 0.925. The normalized spacial score (nSPS) is 18.8. The molecule has 0 aliphatic carbocycles. The third-order valence-corrected chi connectivity index (χ3v) is 4.72. The third kappa shape index (κ3) is 3.10. The highest BCUT2D eigenvalue weighted by atomic mass is 35.5. The molecule has 0 saturated carbocycles. The molecule has 2 heterocycles. The largest absolute Gasteiger partial charge is 0.332 e. The van der Waals surface area contributed by atoms with Gasteiger partial charge in [0.1, 0.15) is 10.7 Å². The van der Waals surface area contributed by atoms with Gasteiger partial charge in [-0.15, -0.1) is 11.3 Å². The van der Waals surface area contributed by atoms with Crippen LogP contribution in [0.15, 0.2) is 29.6 Å². The minimum absolute atomic E-state index is 0.0143. The number of rotatable bonds is 2. The monoisotopic (exact) mass is 321 g/mol. The maximum atomic E-state index is 12.5. The molecule has 0 radical (unpaired) electrons. The van der Waals surface area contributed by atoms with Gasteiger partial charge in [-0.05, 0) is 19.1 Å². The number of hydrogen-bond donors (Lipinski definition) is 1. The van der Waals surface area contributed by atoms with Crippen molar-refractivity contribution < 1.29 is 4.79 Å². The van der Waals surface area contributed by atoms with Gasteiger partial charge in [-0.3, -0.25) is 4.79 Å². The fourth-order valence-corrected chi connectivity index (χ4v) is 3.31. The van der Waals surface area contributed by atoms with Crippen molar-refractivity contribution >= 4 is 28.8 Å². The number of aromatic nitrogens is 1. The second-order valence-electron chi connectivity index (χ2n) is 5.10. The molecule has 110 valence electrons. The van der Waals surface area contributed by atoms with Crippen LogP contribution in [0, 0.1) is 0 Å². The zero-order valence-corrected chi connectivity index (χ0v) is 13.2. The second kappa shape index (κ2) is 6.13. The molecule has 21 heavy (non-hydrogen) atoms. The first kappa shape index (κ1) is 14.5. The van der Waals surface area contributed by atoms with Crippen molar-refractivity contribution in [1.29, 1.82) is 0 Å². The number of halogens is 1. The Kier molecular flexibility index (Phi) is 4.24. The van der Waals surface area contributed by atoms with Crippen molar-refractivity contribution in [1.82, 2.24) is 15.2 Å². The molecule has 1 atom stereocenters. The number of amides is 1. The lowest BCUT2D eigenvalue weighted by atomic mass is 10.2. The van der Waals surface area contributed by atoms with E-state index in [0.717, 1.165) is 30.2 Å². The van der Waals surface area contributed by atoms with Crippen LogP contribution in [0.25, 0.3) is 10.6 Å². The molecule has 1 N–H and O–H groups in total. The van der Waals surface area contributed by atoms with Crippen LogP contribution in [0.1, 0.15) is 17.4 Å². The molecular weight excluding hydrogens is 306 g/mol. The molecule has 2 aromatic rings. The number of hydrogen-bond acceptors (Lipinski definition) is 4. The summed E-state index contributed by atoms with van der Waals surface area (Å²) in [4.78, 5) is 18.9. The fourth-order valence-electron chi connectivity index (χ4n) is 2.39. The molecule has 4 nitrogen and oxygen atoms in total. The van der Waals surface area contributed by atoms with Crippen LogP contribution in [-0.4, -0.2) is 41.5 Å². The SMILES string of the molecule is CC1CNCCN1C(=O)c1csc(-c2ccc(Cl)cc2)n1. The summed E-state index contributed by atoms with van der Waals surface area (Å²) in [6.07, 6.45) is 0. The number of carbonyl (C=O) groups excluding carboxylic acids is 1. The average Bonchev–Trinajstić information content (AvgIpc) is 2.98. The van der Waals surface area contributed by atoms with Crippen LogP contribution in [0.3, 0.4) is 0 Å². The summed E-state index contributed by atoms with van der Waals surface area (Å²) in [5, 5.41) is 6.66. The molecule has 1 aliphatic heterocycles. The van der Waals surface area contributed by atoms with Gasteiger partial charge in [0.05, 0.1) is 0 Å². The molecule has 1 saturated heterocycles. The number of nitrogens with zero attached hydrogens (tertiary/aromatic N) is 2. The van der Waals surface area contributed by atoms with Crippen molar-refractivity contribution in [2.45, 2.75) is 13.0 Å². The van der Waals surface area contributed by atoms with Crippen molar-refractivity contribution in [2.24, 2.45) is 0 Å². The lowest BCUT2D eigenvalue weighted by molar-refractivity contribution is 0.0650. The van der Waals surface area contributed by atoms with E-state index in [9.17, 15) is 4.79 Å². The van der Waals surface area contributed by atoms with E-state index in [0.29, 0.717) is 10.7 Å². The molecule has 0 spiro atoms. The highest BCUT2D eigenvalue weighted by Gasteiger charge is 2.25. The summed E-state index contributed by atoms with van der Waals surface area (Å²) in [5.41, 5.74) is 1.51. The zero-order chi connectivity index (χ0) is 14.8. The van der Waals surface area contributed by atoms with E-state index in [1.165, 1.54) is 11.3 Å². The Labute approximate surface area is 132 Å². The Morgan fingerprint density at radius 1 is 1.43 bits per heavy atom. The van der Waals surface area contributed by atoms with Gasteiger partial charge in [0.25, 0.3) is 5.91 Å². The molecule has 1 unspecified atom stereocenters. The smallest absolute Gasteiger partial charge is 0.273 e. The van der Waals surface area contributed by atoms with Crippen molar-refractivity contribution in [3.8, 4) is 10.6 Å². The summed E-state index contributed by atoms with van der Waals surface area (Å²) >= 11 is 7.37. The first-order chi connectivity index (χ1) is 10.1. The molecule has 3 rings (SSSR count). The Morgan fingerprint density at radius 3 is 2.90 bits per heavy atom. The summed E-state index contributed by atoms with van der Waals surface area (Å²) in [5.74, 6) is 0.0143. The number of carbonyl (C=O) groups is 1. The third-order valence-electron chi connectivity index (χ3n) is 3.58. The van der Waals surface area contributed by atoms with Crippen molar-refractivity contribution in [3.05, 3.63) is 40.4 Å². The fraction of sp³-hybridized carbons (Fsp3) is 0.333. The average molecular weight is 322 g/mol. The topological polar surface area (TPSA) is 45.2 Å². The van der Waals surface area contributed by atoms with Gasteiger partial charge in [0.15, 0.2) is 0 Å². The predicted octanol–water partition coefficient (Wildman–Crippen LogP) is 2.90. The second-order valence-corrected chi connectivity index (χ2v) is 6.39. The minimum Gasteiger partial charge on any atom is -0.332 e. The first-order valence-electron chi connectivity index (χ1n) is 6.88. The maximum absolute atomic E-state index is 12.5. The van der Waals surface area contributed by atoms with E-state index in [1.807, 2.05) is 34.5 Å². The Bertz CT molecular complexity index is 641. The number of piperazine rings is 1. The Morgan fingerprint density at radius 2 is 2.19 bits per heavy atom. The summed E-state index contributed by atoms with van der Waals surface area (Å²) in [6.45, 7) is 4.45. The molecule has 1 aromatic carbocycles. The van der Waals surface area contributed by atoms with Gasteiger partial charge in [-0.2, -0.15) is 0 Å². The standard InChI is InChI=1S/C15H16ClN3OS/c1-10-8-17-6-7-19(10)15(20)13-9-21-14(18-13)11-2-4-12(16)5-3-11/h2-5,9-10,17H,6-8H2,1H3. The van der Waals surface area contributed by atoms with Gasteiger partial charge >= 0.3 is 0 Å². The van der Waals surface area contributed by atoms with E-state index in [-0.39, 0.29) is 11.9 Å².